The van der Waals surface area contributed by atoms with Crippen molar-refractivity contribution in [1.82, 2.24) is 20.4 Å². The van der Waals surface area contributed by atoms with Crippen molar-refractivity contribution in [3.63, 3.8) is 0 Å². The predicted octanol–water partition coefficient (Wildman–Crippen LogP) is 2.47. The average molecular weight is 368 g/mol. The van der Waals surface area contributed by atoms with Crippen LogP contribution in [0.3, 0.4) is 0 Å². The summed E-state index contributed by atoms with van der Waals surface area (Å²) in [6.07, 6.45) is 0. The quantitative estimate of drug-likeness (QED) is 0.673. The molecule has 3 aromatic rings. The Kier molecular flexibility index (Phi) is 5.80. The summed E-state index contributed by atoms with van der Waals surface area (Å²) in [7, 11) is 0. The molecule has 0 radical (unpaired) electrons. The maximum Gasteiger partial charge on any atom is 0.251 e. The van der Waals surface area contributed by atoms with E-state index in [1.807, 2.05) is 41.3 Å². The Morgan fingerprint density at radius 2 is 1.92 bits per heavy atom. The van der Waals surface area contributed by atoms with Gasteiger partial charge in [0.2, 0.25) is 5.91 Å². The lowest BCUT2D eigenvalue weighted by Gasteiger charge is -2.08. The topological polar surface area (TPSA) is 76.0 Å². The van der Waals surface area contributed by atoms with Crippen LogP contribution in [0.2, 0.25) is 0 Å². The molecule has 0 spiro atoms. The van der Waals surface area contributed by atoms with Gasteiger partial charge in [0.25, 0.3) is 5.91 Å². The van der Waals surface area contributed by atoms with Gasteiger partial charge in [-0.1, -0.05) is 24.3 Å². The highest BCUT2D eigenvalue weighted by Crippen LogP contribution is 2.23. The van der Waals surface area contributed by atoms with E-state index in [4.69, 9.17) is 0 Å². The highest BCUT2D eigenvalue weighted by atomic mass is 32.1. The number of carbonyl (C=O) groups excluding carboxylic acids is 2. The fraction of sp³-hybridized carbons (Fsp3) is 0.211. The molecule has 3 rings (SSSR count). The van der Waals surface area contributed by atoms with E-state index >= 15 is 0 Å². The van der Waals surface area contributed by atoms with E-state index in [2.05, 4.69) is 15.7 Å². The molecular formula is C19H20N4O2S. The highest BCUT2D eigenvalue weighted by molar-refractivity contribution is 7.13. The standard InChI is InChI=1S/C19H20N4O2S/c1-14-12-16(17-8-5-11-26-17)22-23(14)10-9-20-18(24)13-21-19(25)15-6-3-2-4-7-15/h2-8,11-12H,9-10,13H2,1H3,(H,20,24)(H,21,25). The molecule has 2 N–H and O–H groups in total. The van der Waals surface area contributed by atoms with Gasteiger partial charge < -0.3 is 10.6 Å². The molecule has 134 valence electrons. The molecule has 0 saturated heterocycles. The maximum absolute atomic E-state index is 11.9. The fourth-order valence-electron chi connectivity index (χ4n) is 2.50. The van der Waals surface area contributed by atoms with E-state index in [-0.39, 0.29) is 18.4 Å². The van der Waals surface area contributed by atoms with Crippen LogP contribution in [0.4, 0.5) is 0 Å². The smallest absolute Gasteiger partial charge is 0.251 e. The number of carbonyl (C=O) groups is 2. The zero-order valence-corrected chi connectivity index (χ0v) is 15.3. The number of rotatable bonds is 7. The Labute approximate surface area is 155 Å². The van der Waals surface area contributed by atoms with Crippen LogP contribution >= 0.6 is 11.3 Å². The van der Waals surface area contributed by atoms with E-state index in [0.29, 0.717) is 18.7 Å². The van der Waals surface area contributed by atoms with Crippen LogP contribution < -0.4 is 10.6 Å². The van der Waals surface area contributed by atoms with Gasteiger partial charge in [-0.05, 0) is 36.6 Å². The van der Waals surface area contributed by atoms with Crippen molar-refractivity contribution in [3.8, 4) is 10.6 Å². The molecule has 0 fully saturated rings. The molecule has 2 amide bonds. The second kappa shape index (κ2) is 8.44. The van der Waals surface area contributed by atoms with Crippen molar-refractivity contribution in [2.75, 3.05) is 13.1 Å². The summed E-state index contributed by atoms with van der Waals surface area (Å²) in [6.45, 7) is 2.97. The first kappa shape index (κ1) is 17.9. The average Bonchev–Trinajstić information content (AvgIpc) is 3.31. The number of aromatic nitrogens is 2. The third-order valence-electron chi connectivity index (χ3n) is 3.85. The summed E-state index contributed by atoms with van der Waals surface area (Å²) in [5.74, 6) is -0.484. The van der Waals surface area contributed by atoms with Gasteiger partial charge >= 0.3 is 0 Å². The Morgan fingerprint density at radius 1 is 1.12 bits per heavy atom. The van der Waals surface area contributed by atoms with Crippen molar-refractivity contribution < 1.29 is 9.59 Å². The van der Waals surface area contributed by atoms with Gasteiger partial charge in [-0.25, -0.2) is 0 Å². The van der Waals surface area contributed by atoms with Gasteiger partial charge in [0, 0.05) is 17.8 Å². The normalized spacial score (nSPS) is 10.5. The van der Waals surface area contributed by atoms with Crippen LogP contribution in [0.15, 0.2) is 53.9 Å². The number of amides is 2. The summed E-state index contributed by atoms with van der Waals surface area (Å²) in [5.41, 5.74) is 2.52. The van der Waals surface area contributed by atoms with E-state index in [0.717, 1.165) is 16.3 Å². The summed E-state index contributed by atoms with van der Waals surface area (Å²) in [4.78, 5) is 24.9. The van der Waals surface area contributed by atoms with Crippen LogP contribution in [-0.4, -0.2) is 34.7 Å². The summed E-state index contributed by atoms with van der Waals surface area (Å²) in [6, 6.07) is 14.9. The molecule has 2 aromatic heterocycles. The Hall–Kier alpha value is -2.93. The molecule has 0 unspecified atom stereocenters. The van der Waals surface area contributed by atoms with E-state index in [1.54, 1.807) is 35.6 Å². The van der Waals surface area contributed by atoms with E-state index in [9.17, 15) is 9.59 Å². The van der Waals surface area contributed by atoms with Gasteiger partial charge in [-0.15, -0.1) is 11.3 Å². The lowest BCUT2D eigenvalue weighted by Crippen LogP contribution is -2.38. The molecule has 7 heteroatoms. The largest absolute Gasteiger partial charge is 0.353 e. The van der Waals surface area contributed by atoms with Crippen LogP contribution in [0.5, 0.6) is 0 Å². The first-order valence-corrected chi connectivity index (χ1v) is 9.20. The summed E-state index contributed by atoms with van der Waals surface area (Å²) in [5, 5.41) is 12.0. The molecule has 1 aromatic carbocycles. The Balaban J connectivity index is 1.43. The van der Waals surface area contributed by atoms with Crippen LogP contribution in [-0.2, 0) is 11.3 Å². The summed E-state index contributed by atoms with van der Waals surface area (Å²) < 4.78 is 1.87. The minimum Gasteiger partial charge on any atom is -0.353 e. The van der Waals surface area contributed by atoms with Gasteiger partial charge in [0.15, 0.2) is 0 Å². The van der Waals surface area contributed by atoms with Crippen LogP contribution in [0, 0.1) is 6.92 Å². The fourth-order valence-corrected chi connectivity index (χ4v) is 3.18. The first-order valence-electron chi connectivity index (χ1n) is 8.32. The van der Waals surface area contributed by atoms with Gasteiger partial charge in [-0.2, -0.15) is 5.10 Å². The third-order valence-corrected chi connectivity index (χ3v) is 4.74. The highest BCUT2D eigenvalue weighted by Gasteiger charge is 2.09. The van der Waals surface area contributed by atoms with Gasteiger partial charge in [0.05, 0.1) is 18.0 Å². The van der Waals surface area contributed by atoms with E-state index in [1.165, 1.54) is 0 Å². The van der Waals surface area contributed by atoms with Gasteiger partial charge in [0.1, 0.15) is 5.69 Å². The number of nitrogens with one attached hydrogen (secondary N) is 2. The molecule has 6 nitrogen and oxygen atoms in total. The van der Waals surface area contributed by atoms with Crippen molar-refractivity contribution in [1.29, 1.82) is 0 Å². The summed E-state index contributed by atoms with van der Waals surface area (Å²) >= 11 is 1.65. The number of hydrogen-bond acceptors (Lipinski definition) is 4. The van der Waals surface area contributed by atoms with Crippen LogP contribution in [0.25, 0.3) is 10.6 Å². The molecular weight excluding hydrogens is 348 g/mol. The first-order chi connectivity index (χ1) is 12.6. The SMILES string of the molecule is Cc1cc(-c2cccs2)nn1CCNC(=O)CNC(=O)c1ccccc1. The monoisotopic (exact) mass is 368 g/mol. The molecule has 0 aliphatic heterocycles. The van der Waals surface area contributed by atoms with Crippen LogP contribution in [0.1, 0.15) is 16.1 Å². The second-order valence-electron chi connectivity index (χ2n) is 5.77. The third kappa shape index (κ3) is 4.58. The number of thiophene rings is 1. The molecule has 26 heavy (non-hydrogen) atoms. The Morgan fingerprint density at radius 3 is 2.65 bits per heavy atom. The van der Waals surface area contributed by atoms with Gasteiger partial charge in [-0.3, -0.25) is 14.3 Å². The molecule has 0 aliphatic carbocycles. The lowest BCUT2D eigenvalue weighted by molar-refractivity contribution is -0.120. The van der Waals surface area contributed by atoms with E-state index < -0.39 is 0 Å². The minimum absolute atomic E-state index is 0.0493. The Bertz CT molecular complexity index is 872. The number of hydrogen-bond donors (Lipinski definition) is 2. The number of aryl methyl sites for hydroxylation is 1. The second-order valence-corrected chi connectivity index (χ2v) is 6.72. The molecule has 2 heterocycles. The lowest BCUT2D eigenvalue weighted by atomic mass is 10.2. The van der Waals surface area contributed by atoms with Crippen molar-refractivity contribution in [2.45, 2.75) is 13.5 Å². The zero-order chi connectivity index (χ0) is 18.4. The number of benzene rings is 1. The van der Waals surface area contributed by atoms with Crippen molar-refractivity contribution in [2.24, 2.45) is 0 Å². The predicted molar refractivity (Wildman–Crippen MR) is 102 cm³/mol. The molecule has 0 bridgehead atoms. The maximum atomic E-state index is 11.9. The molecule has 0 atom stereocenters. The minimum atomic E-state index is -0.260. The van der Waals surface area contributed by atoms with Crippen molar-refractivity contribution in [3.05, 3.63) is 65.2 Å². The molecule has 0 saturated carbocycles. The number of nitrogens with zero attached hydrogens (tertiary/aromatic N) is 2. The van der Waals surface area contributed by atoms with Crippen molar-refractivity contribution >= 4 is 23.2 Å². The molecule has 0 aliphatic rings. The zero-order valence-electron chi connectivity index (χ0n) is 14.4.